The number of carbonyl (C=O) groups is 1. The van der Waals surface area contributed by atoms with Crippen LogP contribution in [0.5, 0.6) is 0 Å². The number of alkyl halides is 3. The number of carbonyl (C=O) groups excluding carboxylic acids is 1. The van der Waals surface area contributed by atoms with E-state index in [1.165, 1.54) is 17.8 Å². The molecule has 0 spiro atoms. The first-order chi connectivity index (χ1) is 16.9. The molecule has 1 saturated heterocycles. The van der Waals surface area contributed by atoms with E-state index in [9.17, 15) is 18.0 Å². The number of anilines is 3. The molecule has 2 heterocycles. The molecule has 35 heavy (non-hydrogen) atoms. The van der Waals surface area contributed by atoms with Crippen molar-refractivity contribution in [3.05, 3.63) is 95.7 Å². The van der Waals surface area contributed by atoms with Gasteiger partial charge in [0.25, 0.3) is 5.91 Å². The first-order valence-corrected chi connectivity index (χ1v) is 11.5. The van der Waals surface area contributed by atoms with E-state index >= 15 is 0 Å². The minimum Gasteiger partial charge on any atom is -0.380 e. The Morgan fingerprint density at radius 3 is 2.60 bits per heavy atom. The van der Waals surface area contributed by atoms with Gasteiger partial charge in [-0.1, -0.05) is 48.5 Å². The SMILES string of the molecule is O=C1Nc2ccccc2C1=CNc1ccc(NC2CCN(Cc3ccccc3)C2)c(C(F)(F)F)c1. The summed E-state index contributed by atoms with van der Waals surface area (Å²) in [6, 6.07) is 21.3. The number of rotatable bonds is 6. The first-order valence-electron chi connectivity index (χ1n) is 11.5. The van der Waals surface area contributed by atoms with E-state index in [4.69, 9.17) is 0 Å². The van der Waals surface area contributed by atoms with E-state index in [0.717, 1.165) is 25.6 Å². The monoisotopic (exact) mass is 478 g/mol. The van der Waals surface area contributed by atoms with Gasteiger partial charge in [0.15, 0.2) is 0 Å². The van der Waals surface area contributed by atoms with Crippen LogP contribution in [0.25, 0.3) is 5.57 Å². The van der Waals surface area contributed by atoms with Crippen molar-refractivity contribution in [3.63, 3.8) is 0 Å². The molecule has 1 unspecified atom stereocenters. The van der Waals surface area contributed by atoms with Crippen LogP contribution in [0.3, 0.4) is 0 Å². The summed E-state index contributed by atoms with van der Waals surface area (Å²) in [6.07, 6.45) is -2.31. The van der Waals surface area contributed by atoms with Gasteiger partial charge in [0.1, 0.15) is 0 Å². The smallest absolute Gasteiger partial charge is 0.380 e. The Bertz CT molecular complexity index is 1260. The van der Waals surface area contributed by atoms with Gasteiger partial charge in [-0.25, -0.2) is 0 Å². The lowest BCUT2D eigenvalue weighted by Crippen LogP contribution is -2.27. The number of hydrogen-bond donors (Lipinski definition) is 3. The second-order valence-electron chi connectivity index (χ2n) is 8.81. The van der Waals surface area contributed by atoms with Crippen LogP contribution in [0.15, 0.2) is 79.0 Å². The molecule has 1 atom stereocenters. The lowest BCUT2D eigenvalue weighted by atomic mass is 10.1. The predicted molar refractivity (Wildman–Crippen MR) is 132 cm³/mol. The number of hydrogen-bond acceptors (Lipinski definition) is 4. The van der Waals surface area contributed by atoms with Crippen molar-refractivity contribution in [2.45, 2.75) is 25.2 Å². The van der Waals surface area contributed by atoms with Crippen molar-refractivity contribution in [2.24, 2.45) is 0 Å². The van der Waals surface area contributed by atoms with Gasteiger partial charge in [-0.2, -0.15) is 13.2 Å². The summed E-state index contributed by atoms with van der Waals surface area (Å²) in [6.45, 7) is 2.27. The van der Waals surface area contributed by atoms with Crippen LogP contribution >= 0.6 is 0 Å². The second kappa shape index (κ2) is 9.46. The van der Waals surface area contributed by atoms with Gasteiger partial charge in [-0.3, -0.25) is 9.69 Å². The predicted octanol–water partition coefficient (Wildman–Crippen LogP) is 5.80. The summed E-state index contributed by atoms with van der Waals surface area (Å²) in [4.78, 5) is 14.5. The molecule has 5 rings (SSSR count). The van der Waals surface area contributed by atoms with Crippen molar-refractivity contribution in [3.8, 4) is 0 Å². The highest BCUT2D eigenvalue weighted by atomic mass is 19.4. The summed E-state index contributed by atoms with van der Waals surface area (Å²) < 4.78 is 41.7. The molecule has 1 amide bonds. The number of nitrogens with one attached hydrogen (secondary N) is 3. The van der Waals surface area contributed by atoms with E-state index in [0.29, 0.717) is 23.4 Å². The zero-order valence-electron chi connectivity index (χ0n) is 18.9. The van der Waals surface area contributed by atoms with Gasteiger partial charge in [-0.15, -0.1) is 0 Å². The van der Waals surface area contributed by atoms with Crippen LogP contribution in [-0.2, 0) is 17.5 Å². The third-order valence-electron chi connectivity index (χ3n) is 6.30. The van der Waals surface area contributed by atoms with Crippen LogP contribution in [0, 0.1) is 0 Å². The van der Waals surface area contributed by atoms with Gasteiger partial charge in [0.2, 0.25) is 0 Å². The van der Waals surface area contributed by atoms with Crippen molar-refractivity contribution in [1.82, 2.24) is 4.90 Å². The van der Waals surface area contributed by atoms with Crippen LogP contribution in [0.4, 0.5) is 30.2 Å². The molecule has 2 aliphatic heterocycles. The van der Waals surface area contributed by atoms with Gasteiger partial charge in [0.05, 0.1) is 11.1 Å². The lowest BCUT2D eigenvalue weighted by Gasteiger charge is -2.21. The largest absolute Gasteiger partial charge is 0.418 e. The second-order valence-corrected chi connectivity index (χ2v) is 8.81. The third kappa shape index (κ3) is 5.17. The van der Waals surface area contributed by atoms with E-state index in [2.05, 4.69) is 33.0 Å². The van der Waals surface area contributed by atoms with E-state index < -0.39 is 11.7 Å². The highest BCUT2D eigenvalue weighted by Gasteiger charge is 2.35. The van der Waals surface area contributed by atoms with Crippen LogP contribution in [0.1, 0.15) is 23.1 Å². The van der Waals surface area contributed by atoms with Crippen LogP contribution < -0.4 is 16.0 Å². The van der Waals surface area contributed by atoms with Gasteiger partial charge in [0, 0.05) is 54.5 Å². The molecule has 0 aromatic heterocycles. The normalized spacial score (nSPS) is 19.0. The van der Waals surface area contributed by atoms with Gasteiger partial charge >= 0.3 is 6.18 Å². The quantitative estimate of drug-likeness (QED) is 0.392. The molecule has 0 radical (unpaired) electrons. The first kappa shape index (κ1) is 23.0. The summed E-state index contributed by atoms with van der Waals surface area (Å²) >= 11 is 0. The molecular weight excluding hydrogens is 453 g/mol. The summed E-state index contributed by atoms with van der Waals surface area (Å²) in [5.74, 6) is -0.297. The highest BCUT2D eigenvalue weighted by Crippen LogP contribution is 2.38. The molecule has 2 aliphatic rings. The Morgan fingerprint density at radius 1 is 1.03 bits per heavy atom. The topological polar surface area (TPSA) is 56.4 Å². The lowest BCUT2D eigenvalue weighted by molar-refractivity contribution is -0.137. The molecule has 8 heteroatoms. The fourth-order valence-electron chi connectivity index (χ4n) is 4.59. The number of nitrogens with zero attached hydrogens (tertiary/aromatic N) is 1. The summed E-state index contributed by atoms with van der Waals surface area (Å²) in [5, 5.41) is 8.72. The number of benzene rings is 3. The maximum absolute atomic E-state index is 13.9. The van der Waals surface area contributed by atoms with Crippen molar-refractivity contribution in [1.29, 1.82) is 0 Å². The van der Waals surface area contributed by atoms with E-state index in [-0.39, 0.29) is 23.3 Å². The average molecular weight is 479 g/mol. The standard InChI is InChI=1S/C27H25F3N4O/c28-27(29,30)23-14-19(31-15-22-21-8-4-5-9-24(21)33-26(22)35)10-11-25(23)32-20-12-13-34(17-20)16-18-6-2-1-3-7-18/h1-11,14-15,20,31-32H,12-13,16-17H2,(H,33,35). The Morgan fingerprint density at radius 2 is 1.80 bits per heavy atom. The minimum absolute atomic E-state index is 0.0613. The number of fused-ring (bicyclic) bond motifs is 1. The van der Waals surface area contributed by atoms with Crippen molar-refractivity contribution in [2.75, 3.05) is 29.0 Å². The number of para-hydroxylation sites is 1. The summed E-state index contributed by atoms with van der Waals surface area (Å²) in [5.41, 5.74) is 2.53. The zero-order chi connectivity index (χ0) is 24.4. The molecule has 0 aliphatic carbocycles. The fourth-order valence-corrected chi connectivity index (χ4v) is 4.59. The Hall–Kier alpha value is -3.78. The number of halogens is 3. The molecule has 0 saturated carbocycles. The van der Waals surface area contributed by atoms with Crippen LogP contribution in [-0.4, -0.2) is 29.9 Å². The molecular formula is C27H25F3N4O. The summed E-state index contributed by atoms with van der Waals surface area (Å²) in [7, 11) is 0. The Balaban J connectivity index is 1.30. The number of amides is 1. The maximum atomic E-state index is 13.9. The fraction of sp³-hybridized carbons (Fsp3) is 0.222. The van der Waals surface area contributed by atoms with Gasteiger partial charge < -0.3 is 16.0 Å². The average Bonchev–Trinajstić information content (AvgIpc) is 3.41. The third-order valence-corrected chi connectivity index (χ3v) is 6.30. The highest BCUT2D eigenvalue weighted by molar-refractivity contribution is 6.31. The molecule has 3 N–H and O–H groups in total. The van der Waals surface area contributed by atoms with Crippen molar-refractivity contribution < 1.29 is 18.0 Å². The molecule has 0 bridgehead atoms. The van der Waals surface area contributed by atoms with Crippen LogP contribution in [0.2, 0.25) is 0 Å². The molecule has 180 valence electrons. The molecule has 5 nitrogen and oxygen atoms in total. The molecule has 3 aromatic carbocycles. The Labute approximate surface area is 201 Å². The van der Waals surface area contributed by atoms with Gasteiger partial charge in [-0.05, 0) is 36.2 Å². The van der Waals surface area contributed by atoms with E-state index in [1.54, 1.807) is 24.3 Å². The van der Waals surface area contributed by atoms with Crippen molar-refractivity contribution >= 4 is 28.5 Å². The zero-order valence-corrected chi connectivity index (χ0v) is 18.9. The minimum atomic E-state index is -4.52. The Kier molecular flexibility index (Phi) is 6.21. The molecule has 3 aromatic rings. The molecule has 1 fully saturated rings. The van der Waals surface area contributed by atoms with E-state index in [1.807, 2.05) is 24.3 Å². The number of likely N-dealkylation sites (tertiary alicyclic amines) is 1. The maximum Gasteiger partial charge on any atom is 0.418 e.